The SMILES string of the molecule is Oc1ccc(Br)cc1-c1csc(-c2nc3ccccc3[nH]2)n1. The molecule has 6 heteroatoms. The largest absolute Gasteiger partial charge is 0.507 e. The number of thiazole rings is 1. The molecule has 2 heterocycles. The molecule has 4 aromatic rings. The van der Waals surface area contributed by atoms with E-state index in [1.807, 2.05) is 35.7 Å². The molecule has 0 atom stereocenters. The highest BCUT2D eigenvalue weighted by atomic mass is 79.9. The number of rotatable bonds is 2. The number of fused-ring (bicyclic) bond motifs is 1. The lowest BCUT2D eigenvalue weighted by molar-refractivity contribution is 0.477. The molecule has 0 bridgehead atoms. The van der Waals surface area contributed by atoms with Gasteiger partial charge < -0.3 is 10.1 Å². The number of nitrogens with one attached hydrogen (secondary N) is 1. The van der Waals surface area contributed by atoms with Gasteiger partial charge in [0, 0.05) is 15.4 Å². The van der Waals surface area contributed by atoms with E-state index in [1.54, 1.807) is 12.1 Å². The number of hydrogen-bond donors (Lipinski definition) is 2. The first-order valence-corrected chi connectivity index (χ1v) is 8.27. The first-order chi connectivity index (χ1) is 10.7. The molecule has 0 amide bonds. The molecule has 0 aliphatic carbocycles. The number of nitrogens with zero attached hydrogens (tertiary/aromatic N) is 2. The summed E-state index contributed by atoms with van der Waals surface area (Å²) < 4.78 is 0.901. The van der Waals surface area contributed by atoms with E-state index < -0.39 is 0 Å². The van der Waals surface area contributed by atoms with Crippen LogP contribution >= 0.6 is 27.3 Å². The number of benzene rings is 2. The second kappa shape index (κ2) is 5.23. The minimum Gasteiger partial charge on any atom is -0.507 e. The molecule has 0 saturated heterocycles. The van der Waals surface area contributed by atoms with Gasteiger partial charge in [-0.15, -0.1) is 11.3 Å². The molecule has 4 rings (SSSR count). The summed E-state index contributed by atoms with van der Waals surface area (Å²) in [7, 11) is 0. The first kappa shape index (κ1) is 13.5. The molecule has 2 aromatic heterocycles. The first-order valence-electron chi connectivity index (χ1n) is 6.60. The van der Waals surface area contributed by atoms with Crippen LogP contribution in [-0.4, -0.2) is 20.1 Å². The maximum absolute atomic E-state index is 10.0. The Hall–Kier alpha value is -2.18. The maximum Gasteiger partial charge on any atom is 0.167 e. The Morgan fingerprint density at radius 1 is 1.09 bits per heavy atom. The Morgan fingerprint density at radius 2 is 1.95 bits per heavy atom. The van der Waals surface area contributed by atoms with E-state index in [9.17, 15) is 5.11 Å². The fraction of sp³-hybridized carbons (Fsp3) is 0. The van der Waals surface area contributed by atoms with Crippen molar-refractivity contribution in [2.24, 2.45) is 0 Å². The minimum absolute atomic E-state index is 0.213. The minimum atomic E-state index is 0.213. The smallest absolute Gasteiger partial charge is 0.167 e. The van der Waals surface area contributed by atoms with Crippen molar-refractivity contribution in [3.63, 3.8) is 0 Å². The van der Waals surface area contributed by atoms with Gasteiger partial charge in [0.15, 0.2) is 10.8 Å². The summed E-state index contributed by atoms with van der Waals surface area (Å²) in [5, 5.41) is 12.7. The fourth-order valence-electron chi connectivity index (χ4n) is 2.27. The fourth-order valence-corrected chi connectivity index (χ4v) is 3.40. The summed E-state index contributed by atoms with van der Waals surface area (Å²) in [5.41, 5.74) is 3.34. The standard InChI is InChI=1S/C16H10BrN3OS/c17-9-5-6-14(21)10(7-9)13-8-22-16(20-13)15-18-11-3-1-2-4-12(11)19-15/h1-8,21H,(H,18,19). The summed E-state index contributed by atoms with van der Waals surface area (Å²) >= 11 is 4.91. The molecule has 0 saturated carbocycles. The molecule has 22 heavy (non-hydrogen) atoms. The molecule has 0 aliphatic heterocycles. The number of para-hydroxylation sites is 2. The van der Waals surface area contributed by atoms with Crippen LogP contribution in [0.5, 0.6) is 5.75 Å². The number of hydrogen-bond acceptors (Lipinski definition) is 4. The third kappa shape index (κ3) is 2.30. The van der Waals surface area contributed by atoms with Gasteiger partial charge >= 0.3 is 0 Å². The number of aromatic hydroxyl groups is 1. The number of aromatic amines is 1. The molecule has 0 aliphatic rings. The van der Waals surface area contributed by atoms with E-state index in [4.69, 9.17) is 0 Å². The summed E-state index contributed by atoms with van der Waals surface area (Å²) in [6, 6.07) is 13.2. The van der Waals surface area contributed by atoms with Gasteiger partial charge in [-0.05, 0) is 30.3 Å². The third-order valence-corrected chi connectivity index (χ3v) is 4.67. The number of aromatic nitrogens is 3. The van der Waals surface area contributed by atoms with Crippen molar-refractivity contribution in [3.05, 3.63) is 52.3 Å². The molecule has 2 N–H and O–H groups in total. The average Bonchev–Trinajstić information content (AvgIpc) is 3.15. The summed E-state index contributed by atoms with van der Waals surface area (Å²) in [5.74, 6) is 0.955. The summed E-state index contributed by atoms with van der Waals surface area (Å²) in [6.07, 6.45) is 0. The van der Waals surface area contributed by atoms with Gasteiger partial charge in [-0.1, -0.05) is 28.1 Å². The van der Waals surface area contributed by atoms with E-state index in [1.165, 1.54) is 11.3 Å². The van der Waals surface area contributed by atoms with E-state index in [0.29, 0.717) is 5.56 Å². The molecular formula is C16H10BrN3OS. The Bertz CT molecular complexity index is 943. The van der Waals surface area contributed by atoms with E-state index in [2.05, 4.69) is 30.9 Å². The van der Waals surface area contributed by atoms with Gasteiger partial charge in [-0.2, -0.15) is 0 Å². The number of phenols is 1. The molecule has 0 radical (unpaired) electrons. The lowest BCUT2D eigenvalue weighted by Crippen LogP contribution is -1.82. The van der Waals surface area contributed by atoms with Crippen molar-refractivity contribution in [1.82, 2.24) is 15.0 Å². The quantitative estimate of drug-likeness (QED) is 0.530. The maximum atomic E-state index is 10.0. The van der Waals surface area contributed by atoms with Crippen LogP contribution in [0.2, 0.25) is 0 Å². The zero-order valence-electron chi connectivity index (χ0n) is 11.2. The second-order valence-corrected chi connectivity index (χ2v) is 6.58. The van der Waals surface area contributed by atoms with Crippen molar-refractivity contribution < 1.29 is 5.11 Å². The molecule has 4 nitrogen and oxygen atoms in total. The van der Waals surface area contributed by atoms with Gasteiger partial charge in [0.05, 0.1) is 16.7 Å². The zero-order valence-corrected chi connectivity index (χ0v) is 13.6. The molecular weight excluding hydrogens is 362 g/mol. The molecule has 0 spiro atoms. The Kier molecular flexibility index (Phi) is 3.20. The van der Waals surface area contributed by atoms with Crippen LogP contribution in [-0.2, 0) is 0 Å². The van der Waals surface area contributed by atoms with Crippen molar-refractivity contribution in [2.75, 3.05) is 0 Å². The van der Waals surface area contributed by atoms with Crippen molar-refractivity contribution in [3.8, 4) is 27.8 Å². The Balaban J connectivity index is 1.79. The predicted molar refractivity (Wildman–Crippen MR) is 92.0 cm³/mol. The van der Waals surface area contributed by atoms with Crippen LogP contribution < -0.4 is 0 Å². The van der Waals surface area contributed by atoms with Crippen molar-refractivity contribution >= 4 is 38.3 Å². The molecule has 0 unspecified atom stereocenters. The van der Waals surface area contributed by atoms with Gasteiger partial charge in [0.2, 0.25) is 0 Å². The average molecular weight is 372 g/mol. The van der Waals surface area contributed by atoms with E-state index in [0.717, 1.165) is 32.0 Å². The molecule has 0 fully saturated rings. The van der Waals surface area contributed by atoms with Crippen LogP contribution in [0.25, 0.3) is 33.1 Å². The Morgan fingerprint density at radius 3 is 2.82 bits per heavy atom. The molecule has 108 valence electrons. The topological polar surface area (TPSA) is 61.8 Å². The van der Waals surface area contributed by atoms with Crippen LogP contribution in [0.1, 0.15) is 0 Å². The predicted octanol–water partition coefficient (Wildman–Crippen LogP) is 4.82. The van der Waals surface area contributed by atoms with Crippen molar-refractivity contribution in [2.45, 2.75) is 0 Å². The number of H-pyrrole nitrogens is 1. The third-order valence-electron chi connectivity index (χ3n) is 3.33. The van der Waals surface area contributed by atoms with Gasteiger partial charge in [0.25, 0.3) is 0 Å². The van der Waals surface area contributed by atoms with Gasteiger partial charge in [-0.3, -0.25) is 0 Å². The number of imidazole rings is 1. The highest BCUT2D eigenvalue weighted by Gasteiger charge is 2.13. The highest BCUT2D eigenvalue weighted by molar-refractivity contribution is 9.10. The van der Waals surface area contributed by atoms with Crippen molar-refractivity contribution in [1.29, 1.82) is 0 Å². The number of phenolic OH excluding ortho intramolecular Hbond substituents is 1. The zero-order chi connectivity index (χ0) is 15.1. The highest BCUT2D eigenvalue weighted by Crippen LogP contribution is 2.34. The van der Waals surface area contributed by atoms with Crippen LogP contribution in [0.4, 0.5) is 0 Å². The summed E-state index contributed by atoms with van der Waals surface area (Å²) in [4.78, 5) is 12.4. The van der Waals surface area contributed by atoms with E-state index in [-0.39, 0.29) is 5.75 Å². The lowest BCUT2D eigenvalue weighted by Gasteiger charge is -2.01. The monoisotopic (exact) mass is 371 g/mol. The summed E-state index contributed by atoms with van der Waals surface area (Å²) in [6.45, 7) is 0. The lowest BCUT2D eigenvalue weighted by atomic mass is 10.1. The number of halogens is 1. The Labute approximate surface area is 138 Å². The van der Waals surface area contributed by atoms with Gasteiger partial charge in [-0.25, -0.2) is 9.97 Å². The van der Waals surface area contributed by atoms with Crippen LogP contribution in [0.15, 0.2) is 52.3 Å². The normalized spacial score (nSPS) is 11.1. The van der Waals surface area contributed by atoms with Crippen LogP contribution in [0, 0.1) is 0 Å². The van der Waals surface area contributed by atoms with Crippen LogP contribution in [0.3, 0.4) is 0 Å². The van der Waals surface area contributed by atoms with Gasteiger partial charge in [0.1, 0.15) is 5.75 Å². The van der Waals surface area contributed by atoms with E-state index >= 15 is 0 Å². The molecule has 2 aromatic carbocycles. The second-order valence-electron chi connectivity index (χ2n) is 4.80.